The predicted octanol–water partition coefficient (Wildman–Crippen LogP) is 1.07. The number of carbonyl (C=O) groups is 2. The molecule has 5 nitrogen and oxygen atoms in total. The molecule has 0 atom stereocenters. The zero-order valence-corrected chi connectivity index (χ0v) is 11.2. The summed E-state index contributed by atoms with van der Waals surface area (Å²) >= 11 is 0. The molecule has 0 saturated heterocycles. The molecule has 0 aliphatic carbocycles. The highest BCUT2D eigenvalue weighted by atomic mass is 16.2. The second-order valence-corrected chi connectivity index (χ2v) is 4.03. The van der Waals surface area contributed by atoms with Crippen LogP contribution in [0, 0.1) is 6.92 Å². The molecule has 0 aliphatic heterocycles. The van der Waals surface area contributed by atoms with Gasteiger partial charge in [-0.25, -0.2) is 0 Å². The first-order valence-corrected chi connectivity index (χ1v) is 6.03. The largest absolute Gasteiger partial charge is 0.355 e. The summed E-state index contributed by atoms with van der Waals surface area (Å²) in [5.41, 5.74) is 1.95. The van der Waals surface area contributed by atoms with Crippen LogP contribution in [0.1, 0.15) is 15.9 Å². The Bertz CT molecular complexity index is 484. The molecule has 0 heterocycles. The molecule has 1 aromatic rings. The van der Waals surface area contributed by atoms with Gasteiger partial charge in [-0.2, -0.15) is 0 Å². The molecule has 2 amide bonds. The first-order valence-electron chi connectivity index (χ1n) is 6.03. The molecular weight excluding hydrogens is 242 g/mol. The molecule has 0 unspecified atom stereocenters. The number of carbonyl (C=O) groups excluding carboxylic acids is 2. The molecule has 1 rings (SSSR count). The minimum Gasteiger partial charge on any atom is -0.355 e. The fourth-order valence-electron chi connectivity index (χ4n) is 1.63. The quantitative estimate of drug-likeness (QED) is 0.530. The van der Waals surface area contributed by atoms with E-state index in [1.165, 1.54) is 0 Å². The van der Waals surface area contributed by atoms with Crippen molar-refractivity contribution in [3.63, 3.8) is 0 Å². The lowest BCUT2D eigenvalue weighted by Gasteiger charge is -2.11. The summed E-state index contributed by atoms with van der Waals surface area (Å²) in [7, 11) is 1.58. The molecule has 5 heteroatoms. The Kier molecular flexibility index (Phi) is 5.75. The van der Waals surface area contributed by atoms with Crippen molar-refractivity contribution < 1.29 is 9.59 Å². The van der Waals surface area contributed by atoms with E-state index < -0.39 is 0 Å². The molecule has 0 fully saturated rings. The Labute approximate surface area is 113 Å². The fourth-order valence-corrected chi connectivity index (χ4v) is 1.63. The number of anilines is 1. The number of hydrogen-bond acceptors (Lipinski definition) is 3. The molecule has 0 aromatic heterocycles. The smallest absolute Gasteiger partial charge is 0.251 e. The molecule has 19 heavy (non-hydrogen) atoms. The second kappa shape index (κ2) is 7.33. The lowest BCUT2D eigenvalue weighted by molar-refractivity contribution is -0.115. The standard InChI is InChI=1S/C14H19N3O2/c1-4-8-16-9-13(18)17-12-7-5-6-11(10(12)2)14(19)15-3/h4-7,16H,1,8-9H2,2-3H3,(H,15,19)(H,17,18). The van der Waals surface area contributed by atoms with E-state index in [9.17, 15) is 9.59 Å². The van der Waals surface area contributed by atoms with Gasteiger partial charge in [0.25, 0.3) is 5.91 Å². The predicted molar refractivity (Wildman–Crippen MR) is 76.3 cm³/mol. The van der Waals surface area contributed by atoms with Crippen molar-refractivity contribution in [2.75, 3.05) is 25.5 Å². The second-order valence-electron chi connectivity index (χ2n) is 4.03. The average molecular weight is 261 g/mol. The van der Waals surface area contributed by atoms with Gasteiger partial charge in [-0.15, -0.1) is 6.58 Å². The summed E-state index contributed by atoms with van der Waals surface area (Å²) in [5, 5.41) is 8.26. The first kappa shape index (κ1) is 14.9. The average Bonchev–Trinajstić information content (AvgIpc) is 2.40. The van der Waals surface area contributed by atoms with Crippen molar-refractivity contribution in [2.24, 2.45) is 0 Å². The minimum atomic E-state index is -0.168. The third-order valence-electron chi connectivity index (χ3n) is 2.65. The van der Waals surface area contributed by atoms with Crippen LogP contribution in [0.15, 0.2) is 30.9 Å². The molecular formula is C14H19N3O2. The van der Waals surface area contributed by atoms with E-state index >= 15 is 0 Å². The van der Waals surface area contributed by atoms with Gasteiger partial charge in [0.05, 0.1) is 6.54 Å². The van der Waals surface area contributed by atoms with Crippen LogP contribution >= 0.6 is 0 Å². The van der Waals surface area contributed by atoms with E-state index in [-0.39, 0.29) is 18.4 Å². The third kappa shape index (κ3) is 4.22. The van der Waals surface area contributed by atoms with Gasteiger partial charge in [-0.3, -0.25) is 9.59 Å². The van der Waals surface area contributed by atoms with E-state index in [0.717, 1.165) is 5.56 Å². The summed E-state index contributed by atoms with van der Waals surface area (Å²) in [5.74, 6) is -0.322. The number of benzene rings is 1. The summed E-state index contributed by atoms with van der Waals surface area (Å²) in [6.45, 7) is 6.14. The van der Waals surface area contributed by atoms with Crippen molar-refractivity contribution in [1.29, 1.82) is 0 Å². The van der Waals surface area contributed by atoms with E-state index in [1.54, 1.807) is 38.2 Å². The van der Waals surface area contributed by atoms with E-state index in [0.29, 0.717) is 17.8 Å². The minimum absolute atomic E-state index is 0.154. The molecule has 102 valence electrons. The molecule has 3 N–H and O–H groups in total. The van der Waals surface area contributed by atoms with Crippen LogP contribution in [0.2, 0.25) is 0 Å². The van der Waals surface area contributed by atoms with Gasteiger partial charge in [-0.1, -0.05) is 12.1 Å². The summed E-state index contributed by atoms with van der Waals surface area (Å²) < 4.78 is 0. The molecule has 0 aliphatic rings. The van der Waals surface area contributed by atoms with Gasteiger partial charge in [0.2, 0.25) is 5.91 Å². The zero-order valence-electron chi connectivity index (χ0n) is 11.2. The molecule has 0 bridgehead atoms. The van der Waals surface area contributed by atoms with Gasteiger partial charge in [0.1, 0.15) is 0 Å². The topological polar surface area (TPSA) is 70.2 Å². The molecule has 0 saturated carbocycles. The van der Waals surface area contributed by atoms with Crippen LogP contribution in [0.25, 0.3) is 0 Å². The summed E-state index contributed by atoms with van der Waals surface area (Å²) in [6.07, 6.45) is 1.69. The van der Waals surface area contributed by atoms with Crippen LogP contribution in [0.4, 0.5) is 5.69 Å². The maximum Gasteiger partial charge on any atom is 0.251 e. The van der Waals surface area contributed by atoms with Crippen molar-refractivity contribution in [3.05, 3.63) is 42.0 Å². The van der Waals surface area contributed by atoms with Crippen LogP contribution in [-0.2, 0) is 4.79 Å². The first-order chi connectivity index (χ1) is 9.10. The molecule has 0 spiro atoms. The summed E-state index contributed by atoms with van der Waals surface area (Å²) in [6, 6.07) is 5.23. The van der Waals surface area contributed by atoms with Crippen molar-refractivity contribution in [1.82, 2.24) is 10.6 Å². The van der Waals surface area contributed by atoms with E-state index in [1.807, 2.05) is 0 Å². The van der Waals surface area contributed by atoms with Gasteiger partial charge >= 0.3 is 0 Å². The highest BCUT2D eigenvalue weighted by Crippen LogP contribution is 2.18. The highest BCUT2D eigenvalue weighted by molar-refractivity contribution is 5.99. The zero-order chi connectivity index (χ0) is 14.3. The molecule has 0 radical (unpaired) electrons. The van der Waals surface area contributed by atoms with Crippen LogP contribution in [0.5, 0.6) is 0 Å². The number of hydrogen-bond donors (Lipinski definition) is 3. The van der Waals surface area contributed by atoms with Crippen LogP contribution < -0.4 is 16.0 Å². The number of nitrogens with one attached hydrogen (secondary N) is 3. The van der Waals surface area contributed by atoms with Crippen molar-refractivity contribution >= 4 is 17.5 Å². The van der Waals surface area contributed by atoms with Crippen molar-refractivity contribution in [2.45, 2.75) is 6.92 Å². The van der Waals surface area contributed by atoms with Gasteiger partial charge in [0, 0.05) is 24.8 Å². The van der Waals surface area contributed by atoms with E-state index in [4.69, 9.17) is 0 Å². The Morgan fingerprint density at radius 2 is 2.11 bits per heavy atom. The monoisotopic (exact) mass is 261 g/mol. The normalized spacial score (nSPS) is 9.79. The third-order valence-corrected chi connectivity index (χ3v) is 2.65. The molecule has 1 aromatic carbocycles. The fraction of sp³-hybridized carbons (Fsp3) is 0.286. The Hall–Kier alpha value is -2.14. The number of rotatable bonds is 6. The maximum atomic E-state index is 11.7. The maximum absolute atomic E-state index is 11.7. The Morgan fingerprint density at radius 3 is 2.74 bits per heavy atom. The SMILES string of the molecule is C=CCNCC(=O)Nc1cccc(C(=O)NC)c1C. The van der Waals surface area contributed by atoms with Gasteiger partial charge in [-0.05, 0) is 24.6 Å². The van der Waals surface area contributed by atoms with Gasteiger partial charge in [0.15, 0.2) is 0 Å². The van der Waals surface area contributed by atoms with Gasteiger partial charge < -0.3 is 16.0 Å². The Balaban J connectivity index is 2.76. The van der Waals surface area contributed by atoms with Crippen LogP contribution in [0.3, 0.4) is 0 Å². The highest BCUT2D eigenvalue weighted by Gasteiger charge is 2.11. The lowest BCUT2D eigenvalue weighted by atomic mass is 10.1. The summed E-state index contributed by atoms with van der Waals surface area (Å²) in [4.78, 5) is 23.3. The number of amides is 2. The lowest BCUT2D eigenvalue weighted by Crippen LogP contribution is -2.28. The Morgan fingerprint density at radius 1 is 1.37 bits per heavy atom. The van der Waals surface area contributed by atoms with E-state index in [2.05, 4.69) is 22.5 Å². The van der Waals surface area contributed by atoms with Crippen LogP contribution in [-0.4, -0.2) is 32.0 Å². The van der Waals surface area contributed by atoms with Crippen molar-refractivity contribution in [3.8, 4) is 0 Å².